The number of hydrogen-bond donors (Lipinski definition) is 1. The molecule has 1 fully saturated rings. The van der Waals surface area contributed by atoms with E-state index in [1.165, 1.54) is 24.9 Å². The van der Waals surface area contributed by atoms with Crippen molar-refractivity contribution in [3.8, 4) is 11.1 Å². The fourth-order valence-corrected chi connectivity index (χ4v) is 4.05. The number of hydrogen-bond acceptors (Lipinski definition) is 4. The predicted molar refractivity (Wildman–Crippen MR) is 115 cm³/mol. The molecule has 2 aromatic carbocycles. The van der Waals surface area contributed by atoms with E-state index in [-0.39, 0.29) is 0 Å². The highest BCUT2D eigenvalue weighted by Crippen LogP contribution is 2.28. The van der Waals surface area contributed by atoms with Gasteiger partial charge in [-0.1, -0.05) is 30.8 Å². The number of furan rings is 1. The summed E-state index contributed by atoms with van der Waals surface area (Å²) in [5, 5.41) is 1.15. The molecule has 1 N–H and O–H groups in total. The van der Waals surface area contributed by atoms with Crippen LogP contribution in [0.5, 0.6) is 0 Å². The molecular formula is C24H28N2O2. The van der Waals surface area contributed by atoms with Crippen LogP contribution in [0.15, 0.2) is 59.5 Å². The van der Waals surface area contributed by atoms with E-state index in [0.717, 1.165) is 46.5 Å². The summed E-state index contributed by atoms with van der Waals surface area (Å²) in [6.07, 6.45) is 3.59. The van der Waals surface area contributed by atoms with Gasteiger partial charge < -0.3 is 9.32 Å². The Bertz CT molecular complexity index is 976. The number of nitrogens with zero attached hydrogens (tertiary/aromatic N) is 1. The third-order valence-corrected chi connectivity index (χ3v) is 5.67. The minimum atomic E-state index is 0.700. The monoisotopic (exact) mass is 376 g/mol. The first-order valence-electron chi connectivity index (χ1n) is 9.99. The Labute approximate surface area is 166 Å². The Hall–Kier alpha value is -2.56. The first-order chi connectivity index (χ1) is 13.6. The van der Waals surface area contributed by atoms with Gasteiger partial charge in [-0.15, -0.1) is 0 Å². The number of rotatable bonds is 7. The quantitative estimate of drug-likeness (QED) is 0.572. The van der Waals surface area contributed by atoms with Crippen molar-refractivity contribution in [3.05, 3.63) is 66.4 Å². The molecule has 0 radical (unpaired) electrons. The van der Waals surface area contributed by atoms with Crippen LogP contribution >= 0.6 is 0 Å². The molecule has 0 aliphatic carbocycles. The van der Waals surface area contributed by atoms with E-state index in [1.54, 1.807) is 7.11 Å². The molecule has 28 heavy (non-hydrogen) atoms. The Balaban J connectivity index is 1.53. The third-order valence-electron chi connectivity index (χ3n) is 5.67. The van der Waals surface area contributed by atoms with Crippen LogP contribution in [0.3, 0.4) is 0 Å². The number of hydroxylamine groups is 1. The van der Waals surface area contributed by atoms with Crippen molar-refractivity contribution < 1.29 is 9.25 Å². The zero-order valence-electron chi connectivity index (χ0n) is 16.7. The standard InChI is InChI=1S/C24H28N2O2/c1-17-6-5-12-26(17)13-11-23-16-22-15-21(9-10-24(22)28-23)20-8-4-7-19(14-20)18(2)25-27-3/h4,7-10,14-17,25H,2,5-6,11-13H2,1,3H3/t17-/m1/s1. The fourth-order valence-electron chi connectivity index (χ4n) is 4.05. The summed E-state index contributed by atoms with van der Waals surface area (Å²) in [6.45, 7) is 8.62. The molecule has 0 unspecified atom stereocenters. The Morgan fingerprint density at radius 2 is 2.07 bits per heavy atom. The molecule has 0 saturated carbocycles. The Morgan fingerprint density at radius 3 is 2.86 bits per heavy atom. The topological polar surface area (TPSA) is 37.6 Å². The van der Waals surface area contributed by atoms with Crippen LogP contribution in [-0.2, 0) is 11.3 Å². The van der Waals surface area contributed by atoms with Crippen LogP contribution in [0.1, 0.15) is 31.1 Å². The second kappa shape index (κ2) is 8.21. The lowest BCUT2D eigenvalue weighted by atomic mass is 10.0. The second-order valence-electron chi connectivity index (χ2n) is 7.61. The fraction of sp³-hybridized carbons (Fsp3) is 0.333. The van der Waals surface area contributed by atoms with Gasteiger partial charge in [0, 0.05) is 24.4 Å². The smallest absolute Gasteiger partial charge is 0.134 e. The molecule has 0 amide bonds. The normalized spacial score (nSPS) is 17.3. The van der Waals surface area contributed by atoms with E-state index < -0.39 is 0 Å². The lowest BCUT2D eigenvalue weighted by molar-refractivity contribution is 0.137. The van der Waals surface area contributed by atoms with Gasteiger partial charge in [0.2, 0.25) is 0 Å². The molecule has 1 atom stereocenters. The minimum Gasteiger partial charge on any atom is -0.461 e. The molecule has 0 spiro atoms. The van der Waals surface area contributed by atoms with Gasteiger partial charge in [0.15, 0.2) is 0 Å². The van der Waals surface area contributed by atoms with Crippen molar-refractivity contribution in [1.82, 2.24) is 10.4 Å². The van der Waals surface area contributed by atoms with Crippen LogP contribution in [0.4, 0.5) is 0 Å². The van der Waals surface area contributed by atoms with Crippen LogP contribution in [0.25, 0.3) is 27.8 Å². The third kappa shape index (κ3) is 3.98. The highest BCUT2D eigenvalue weighted by atomic mass is 16.6. The van der Waals surface area contributed by atoms with Crippen molar-refractivity contribution in [2.45, 2.75) is 32.2 Å². The maximum Gasteiger partial charge on any atom is 0.134 e. The van der Waals surface area contributed by atoms with E-state index in [2.05, 4.69) is 60.3 Å². The summed E-state index contributed by atoms with van der Waals surface area (Å²) < 4.78 is 6.08. The average molecular weight is 377 g/mol. The molecule has 1 aliphatic heterocycles. The summed E-state index contributed by atoms with van der Waals surface area (Å²) in [5.74, 6) is 1.07. The zero-order valence-corrected chi connectivity index (χ0v) is 16.7. The highest BCUT2D eigenvalue weighted by Gasteiger charge is 2.20. The summed E-state index contributed by atoms with van der Waals surface area (Å²) in [5.41, 5.74) is 7.82. The molecule has 3 aromatic rings. The molecule has 0 bridgehead atoms. The molecule has 4 nitrogen and oxygen atoms in total. The van der Waals surface area contributed by atoms with Gasteiger partial charge in [0.1, 0.15) is 11.3 Å². The zero-order chi connectivity index (χ0) is 19.5. The summed E-state index contributed by atoms with van der Waals surface area (Å²) in [7, 11) is 1.59. The maximum absolute atomic E-state index is 6.08. The van der Waals surface area contributed by atoms with Crippen molar-refractivity contribution in [2.24, 2.45) is 0 Å². The number of nitrogens with one attached hydrogen (secondary N) is 1. The SMILES string of the molecule is C=C(NOC)c1cccc(-c2ccc3oc(CCN4CCC[C@H]4C)cc3c2)c1. The molecule has 4 rings (SSSR count). The van der Waals surface area contributed by atoms with Gasteiger partial charge in [-0.3, -0.25) is 10.3 Å². The van der Waals surface area contributed by atoms with Crippen LogP contribution in [0, 0.1) is 0 Å². The minimum absolute atomic E-state index is 0.700. The summed E-state index contributed by atoms with van der Waals surface area (Å²) in [6, 6.07) is 17.6. The van der Waals surface area contributed by atoms with Gasteiger partial charge in [-0.2, -0.15) is 0 Å². The van der Waals surface area contributed by atoms with Crippen molar-refractivity contribution in [1.29, 1.82) is 0 Å². The average Bonchev–Trinajstić information content (AvgIpc) is 3.31. The lowest BCUT2D eigenvalue weighted by Gasteiger charge is -2.19. The molecule has 4 heteroatoms. The Morgan fingerprint density at radius 1 is 1.21 bits per heavy atom. The van der Waals surface area contributed by atoms with Crippen LogP contribution < -0.4 is 5.48 Å². The lowest BCUT2D eigenvalue weighted by Crippen LogP contribution is -2.28. The number of fused-ring (bicyclic) bond motifs is 1. The molecule has 146 valence electrons. The largest absolute Gasteiger partial charge is 0.461 e. The van der Waals surface area contributed by atoms with Crippen molar-refractivity contribution in [3.63, 3.8) is 0 Å². The maximum atomic E-state index is 6.08. The van der Waals surface area contributed by atoms with Gasteiger partial charge in [0.05, 0.1) is 12.8 Å². The summed E-state index contributed by atoms with van der Waals surface area (Å²) >= 11 is 0. The molecule has 1 aliphatic rings. The summed E-state index contributed by atoms with van der Waals surface area (Å²) in [4.78, 5) is 7.53. The van der Waals surface area contributed by atoms with E-state index in [0.29, 0.717) is 6.04 Å². The number of benzene rings is 2. The van der Waals surface area contributed by atoms with Crippen molar-refractivity contribution in [2.75, 3.05) is 20.2 Å². The van der Waals surface area contributed by atoms with E-state index >= 15 is 0 Å². The van der Waals surface area contributed by atoms with E-state index in [9.17, 15) is 0 Å². The molecule has 1 saturated heterocycles. The Kier molecular flexibility index (Phi) is 5.51. The van der Waals surface area contributed by atoms with Gasteiger partial charge >= 0.3 is 0 Å². The van der Waals surface area contributed by atoms with Crippen LogP contribution in [0.2, 0.25) is 0 Å². The van der Waals surface area contributed by atoms with Crippen LogP contribution in [-0.4, -0.2) is 31.1 Å². The van der Waals surface area contributed by atoms with Crippen molar-refractivity contribution >= 4 is 16.7 Å². The van der Waals surface area contributed by atoms with Gasteiger partial charge in [-0.05, 0) is 67.3 Å². The van der Waals surface area contributed by atoms with Gasteiger partial charge in [0.25, 0.3) is 0 Å². The highest BCUT2D eigenvalue weighted by molar-refractivity contribution is 5.84. The molecule has 1 aromatic heterocycles. The molecular weight excluding hydrogens is 348 g/mol. The first-order valence-corrected chi connectivity index (χ1v) is 9.99. The first kappa shape index (κ1) is 18.8. The second-order valence-corrected chi connectivity index (χ2v) is 7.61. The molecule has 2 heterocycles. The number of likely N-dealkylation sites (tertiary alicyclic amines) is 1. The van der Waals surface area contributed by atoms with Gasteiger partial charge in [-0.25, -0.2) is 0 Å². The van der Waals surface area contributed by atoms with E-state index in [1.807, 2.05) is 12.1 Å². The van der Waals surface area contributed by atoms with E-state index in [4.69, 9.17) is 9.25 Å². The predicted octanol–water partition coefficient (Wildman–Crippen LogP) is 5.25.